The van der Waals surface area contributed by atoms with Gasteiger partial charge in [0.2, 0.25) is 0 Å². The van der Waals surface area contributed by atoms with Crippen LogP contribution in [0.4, 0.5) is 23.2 Å². The van der Waals surface area contributed by atoms with Gasteiger partial charge in [0.1, 0.15) is 17.1 Å². The number of nitrogens with one attached hydrogen (secondary N) is 1. The van der Waals surface area contributed by atoms with Gasteiger partial charge in [0.05, 0.1) is 4.90 Å². The zero-order chi connectivity index (χ0) is 26.4. The number of hydrogen-bond donors (Lipinski definition) is 1. The summed E-state index contributed by atoms with van der Waals surface area (Å²) in [7, 11) is -3.61. The molecule has 0 aliphatic heterocycles. The molecule has 2 aromatic carbocycles. The van der Waals surface area contributed by atoms with E-state index in [4.69, 9.17) is 4.74 Å². The number of sulfone groups is 1. The average molecular weight is 524 g/mol. The monoisotopic (exact) mass is 523 g/mol. The van der Waals surface area contributed by atoms with E-state index in [-0.39, 0.29) is 27.8 Å². The quantitative estimate of drug-likeness (QED) is 0.424. The summed E-state index contributed by atoms with van der Waals surface area (Å²) in [5.41, 5.74) is -1.86. The minimum absolute atomic E-state index is 0.0228. The molecule has 1 saturated carbocycles. The van der Waals surface area contributed by atoms with Gasteiger partial charge >= 0.3 is 6.18 Å². The highest BCUT2D eigenvalue weighted by Crippen LogP contribution is 2.43. The van der Waals surface area contributed by atoms with Crippen molar-refractivity contribution in [1.29, 1.82) is 0 Å². The van der Waals surface area contributed by atoms with Crippen LogP contribution >= 0.6 is 0 Å². The second-order valence-electron chi connectivity index (χ2n) is 8.57. The Morgan fingerprint density at radius 3 is 2.39 bits per heavy atom. The van der Waals surface area contributed by atoms with Crippen molar-refractivity contribution in [2.24, 2.45) is 0 Å². The van der Waals surface area contributed by atoms with E-state index in [1.165, 1.54) is 43.3 Å². The highest BCUT2D eigenvalue weighted by molar-refractivity contribution is 7.90. The molecular weight excluding hydrogens is 502 g/mol. The molecule has 3 aromatic rings. The van der Waals surface area contributed by atoms with Crippen LogP contribution in [-0.2, 0) is 16.0 Å². The summed E-state index contributed by atoms with van der Waals surface area (Å²) in [6.07, 6.45) is -2.20. The van der Waals surface area contributed by atoms with Gasteiger partial charge in [-0.25, -0.2) is 12.8 Å². The van der Waals surface area contributed by atoms with Crippen molar-refractivity contribution < 1.29 is 35.5 Å². The number of anilines is 1. The third kappa shape index (κ3) is 5.18. The van der Waals surface area contributed by atoms with E-state index in [2.05, 4.69) is 15.5 Å². The summed E-state index contributed by atoms with van der Waals surface area (Å²) < 4.78 is 84.7. The molecule has 1 heterocycles. The Morgan fingerprint density at radius 1 is 1.08 bits per heavy atom. The van der Waals surface area contributed by atoms with E-state index < -0.39 is 50.4 Å². The molecule has 0 atom stereocenters. The molecule has 0 saturated heterocycles. The van der Waals surface area contributed by atoms with E-state index in [0.717, 1.165) is 26.0 Å². The summed E-state index contributed by atoms with van der Waals surface area (Å²) >= 11 is 0. The first-order valence-electron chi connectivity index (χ1n) is 10.8. The van der Waals surface area contributed by atoms with Gasteiger partial charge in [-0.1, -0.05) is 12.1 Å². The van der Waals surface area contributed by atoms with Crippen LogP contribution in [0.5, 0.6) is 11.6 Å². The molecule has 4 rings (SSSR count). The van der Waals surface area contributed by atoms with Crippen LogP contribution in [0, 0.1) is 19.7 Å². The van der Waals surface area contributed by atoms with Gasteiger partial charge in [-0.3, -0.25) is 4.79 Å². The molecule has 1 aliphatic carbocycles. The fourth-order valence-corrected chi connectivity index (χ4v) is 4.38. The van der Waals surface area contributed by atoms with E-state index in [1.54, 1.807) is 0 Å². The fraction of sp³-hybridized carbons (Fsp3) is 0.292. The first kappa shape index (κ1) is 25.5. The standard InChI is InChI=1S/C24H21F4N3O4S/c1-12-18(10-9-17(20(12)25)14-7-8-14)35-23-19(13(2)21(30-31-23)24(26,27)28)22(32)29-15-5-4-6-16(11-15)36(3,33)34/h4-6,9-11,14H,7-8H2,1-3H3,(H,29,32). The van der Waals surface area contributed by atoms with Gasteiger partial charge in [-0.05, 0) is 68.0 Å². The van der Waals surface area contributed by atoms with Crippen molar-refractivity contribution >= 4 is 21.4 Å². The number of ether oxygens (including phenoxy) is 1. The first-order chi connectivity index (χ1) is 16.8. The summed E-state index contributed by atoms with van der Waals surface area (Å²) in [6, 6.07) is 8.23. The molecule has 0 radical (unpaired) electrons. The molecule has 1 aromatic heterocycles. The first-order valence-corrected chi connectivity index (χ1v) is 12.7. The molecular formula is C24H21F4N3O4S. The number of benzene rings is 2. The summed E-state index contributed by atoms with van der Waals surface area (Å²) in [5.74, 6) is -2.00. The van der Waals surface area contributed by atoms with Crippen LogP contribution in [0.25, 0.3) is 0 Å². The molecule has 0 spiro atoms. The Morgan fingerprint density at radius 2 is 1.78 bits per heavy atom. The van der Waals surface area contributed by atoms with E-state index in [1.807, 2.05) is 0 Å². The number of nitrogens with zero attached hydrogens (tertiary/aromatic N) is 2. The molecule has 36 heavy (non-hydrogen) atoms. The van der Waals surface area contributed by atoms with Gasteiger partial charge in [0.15, 0.2) is 15.5 Å². The van der Waals surface area contributed by atoms with Crippen molar-refractivity contribution in [2.45, 2.75) is 43.7 Å². The zero-order valence-electron chi connectivity index (χ0n) is 19.4. The lowest BCUT2D eigenvalue weighted by Gasteiger charge is -2.17. The van der Waals surface area contributed by atoms with Crippen molar-refractivity contribution in [3.63, 3.8) is 0 Å². The SMILES string of the molecule is Cc1c(Oc2nnc(C(F)(F)F)c(C)c2C(=O)Nc2cccc(S(C)(=O)=O)c2)ccc(C2CC2)c1F. The van der Waals surface area contributed by atoms with Crippen LogP contribution in [-0.4, -0.2) is 30.8 Å². The second-order valence-corrected chi connectivity index (χ2v) is 10.6. The van der Waals surface area contributed by atoms with Crippen LogP contribution in [0.2, 0.25) is 0 Å². The highest BCUT2D eigenvalue weighted by Gasteiger charge is 2.38. The van der Waals surface area contributed by atoms with Crippen molar-refractivity contribution in [2.75, 3.05) is 11.6 Å². The Kier molecular flexibility index (Phi) is 6.50. The molecule has 7 nitrogen and oxygen atoms in total. The predicted molar refractivity (Wildman–Crippen MR) is 122 cm³/mol. The maximum Gasteiger partial charge on any atom is 0.435 e. The number of alkyl halides is 3. The normalized spacial score (nSPS) is 14.0. The minimum Gasteiger partial charge on any atom is -0.437 e. The number of hydrogen-bond acceptors (Lipinski definition) is 6. The molecule has 190 valence electrons. The summed E-state index contributed by atoms with van der Waals surface area (Å²) in [6.45, 7) is 2.49. The van der Waals surface area contributed by atoms with E-state index in [9.17, 15) is 30.8 Å². The van der Waals surface area contributed by atoms with Crippen molar-refractivity contribution in [3.05, 3.63) is 70.2 Å². The van der Waals surface area contributed by atoms with E-state index >= 15 is 0 Å². The van der Waals surface area contributed by atoms with Gasteiger partial charge in [0.25, 0.3) is 11.8 Å². The van der Waals surface area contributed by atoms with Gasteiger partial charge in [-0.2, -0.15) is 13.2 Å². The van der Waals surface area contributed by atoms with Crippen LogP contribution in [0.15, 0.2) is 41.3 Å². The number of halogens is 4. The Balaban J connectivity index is 1.76. The zero-order valence-corrected chi connectivity index (χ0v) is 20.2. The molecule has 12 heteroatoms. The molecule has 0 bridgehead atoms. The fourth-order valence-electron chi connectivity index (χ4n) is 3.72. The van der Waals surface area contributed by atoms with Gasteiger partial charge in [-0.15, -0.1) is 10.2 Å². The third-order valence-electron chi connectivity index (χ3n) is 5.79. The van der Waals surface area contributed by atoms with Crippen molar-refractivity contribution in [3.8, 4) is 11.6 Å². The Labute approximate surface area is 204 Å². The summed E-state index contributed by atoms with van der Waals surface area (Å²) in [5, 5.41) is 9.07. The summed E-state index contributed by atoms with van der Waals surface area (Å²) in [4.78, 5) is 13.0. The Hall–Kier alpha value is -3.54. The molecule has 1 fully saturated rings. The number of rotatable bonds is 6. The largest absolute Gasteiger partial charge is 0.437 e. The predicted octanol–water partition coefficient (Wildman–Crippen LogP) is 5.58. The van der Waals surface area contributed by atoms with Gasteiger partial charge < -0.3 is 10.1 Å². The van der Waals surface area contributed by atoms with Crippen LogP contribution in [0.1, 0.15) is 51.5 Å². The number of aromatic nitrogens is 2. The maximum atomic E-state index is 14.8. The number of carbonyl (C=O) groups is 1. The smallest absolute Gasteiger partial charge is 0.435 e. The molecule has 1 aliphatic rings. The molecule has 1 N–H and O–H groups in total. The van der Waals surface area contributed by atoms with Gasteiger partial charge in [0, 0.05) is 17.5 Å². The van der Waals surface area contributed by atoms with Crippen LogP contribution in [0.3, 0.4) is 0 Å². The average Bonchev–Trinajstić information content (AvgIpc) is 3.61. The number of carbonyl (C=O) groups excluding carboxylic acids is 1. The number of amides is 1. The lowest BCUT2D eigenvalue weighted by molar-refractivity contribution is -0.142. The minimum atomic E-state index is -4.91. The third-order valence-corrected chi connectivity index (χ3v) is 6.90. The van der Waals surface area contributed by atoms with Crippen LogP contribution < -0.4 is 10.1 Å². The lowest BCUT2D eigenvalue weighted by atomic mass is 10.1. The molecule has 0 unspecified atom stereocenters. The highest BCUT2D eigenvalue weighted by atomic mass is 32.2. The molecule has 1 amide bonds. The maximum absolute atomic E-state index is 14.8. The Bertz CT molecular complexity index is 1470. The van der Waals surface area contributed by atoms with E-state index in [0.29, 0.717) is 5.56 Å². The topological polar surface area (TPSA) is 98.2 Å². The van der Waals surface area contributed by atoms with Crippen molar-refractivity contribution in [1.82, 2.24) is 10.2 Å². The lowest BCUT2D eigenvalue weighted by Crippen LogP contribution is -2.21. The second kappa shape index (κ2) is 9.16.